The van der Waals surface area contributed by atoms with Gasteiger partial charge in [-0.15, -0.1) is 0 Å². The summed E-state index contributed by atoms with van der Waals surface area (Å²) in [5, 5.41) is 12.7. The van der Waals surface area contributed by atoms with Crippen molar-refractivity contribution in [3.05, 3.63) is 59.9 Å². The van der Waals surface area contributed by atoms with Crippen LogP contribution < -0.4 is 10.2 Å². The number of anilines is 2. The summed E-state index contributed by atoms with van der Waals surface area (Å²) < 4.78 is 19.5. The fourth-order valence-electron chi connectivity index (χ4n) is 5.28. The summed E-state index contributed by atoms with van der Waals surface area (Å²) >= 11 is 0. The fourth-order valence-corrected chi connectivity index (χ4v) is 5.28. The molecule has 3 heterocycles. The highest BCUT2D eigenvalue weighted by Gasteiger charge is 2.55. The summed E-state index contributed by atoms with van der Waals surface area (Å²) in [6.07, 6.45) is 1.37. The Hall–Kier alpha value is -2.97. The quantitative estimate of drug-likeness (QED) is 0.771. The molecule has 8 heteroatoms. The Morgan fingerprint density at radius 1 is 1.09 bits per heavy atom. The van der Waals surface area contributed by atoms with Crippen LogP contribution in [0.1, 0.15) is 24.3 Å². The highest BCUT2D eigenvalue weighted by Crippen LogP contribution is 2.48. The lowest BCUT2D eigenvalue weighted by Gasteiger charge is -2.58. The van der Waals surface area contributed by atoms with Gasteiger partial charge in [-0.3, -0.25) is 4.79 Å². The summed E-state index contributed by atoms with van der Waals surface area (Å²) in [6, 6.07) is 12.5. The second kappa shape index (κ2) is 8.52. The molecule has 0 spiro atoms. The average molecular weight is 439 g/mol. The number of ether oxygens (including phenoxy) is 1. The number of para-hydroxylation sites is 2. The van der Waals surface area contributed by atoms with Crippen LogP contribution in [0.15, 0.2) is 48.5 Å². The predicted molar refractivity (Wildman–Crippen MR) is 117 cm³/mol. The first kappa shape index (κ1) is 20.9. The van der Waals surface area contributed by atoms with Gasteiger partial charge in [0.25, 0.3) is 0 Å². The number of carbonyl (C=O) groups excluding carboxylic acids is 2. The maximum atomic E-state index is 14.1. The standard InChI is InChI=1S/C24H26FN3O4/c25-17-6-2-3-7-18(17)26-24(31)28-20-13-27(23(30)15-9-11-32-12-10-15)19-8-4-1-5-16(19)22(20)21(28)14-29/h1-8,15,20-22,29H,9-14H2,(H,26,31)/t20-,21-,22+/m1/s1. The predicted octanol–water partition coefficient (Wildman–Crippen LogP) is 2.96. The number of carbonyl (C=O) groups is 2. The zero-order chi connectivity index (χ0) is 22.2. The minimum atomic E-state index is -0.524. The Bertz CT molecular complexity index is 1030. The molecule has 3 aliphatic heterocycles. The topological polar surface area (TPSA) is 82.1 Å². The number of likely N-dealkylation sites (tertiary alicyclic amines) is 1. The van der Waals surface area contributed by atoms with E-state index in [-0.39, 0.29) is 36.1 Å². The van der Waals surface area contributed by atoms with E-state index in [4.69, 9.17) is 4.74 Å². The van der Waals surface area contributed by atoms with Gasteiger partial charge in [-0.05, 0) is 36.6 Å². The molecule has 3 atom stereocenters. The third-order valence-corrected chi connectivity index (χ3v) is 6.87. The molecule has 0 aliphatic carbocycles. The molecule has 2 aromatic carbocycles. The van der Waals surface area contributed by atoms with E-state index in [9.17, 15) is 19.1 Å². The molecule has 0 saturated carbocycles. The number of urea groups is 1. The monoisotopic (exact) mass is 439 g/mol. The number of rotatable bonds is 3. The van der Waals surface area contributed by atoms with Crippen LogP contribution in [-0.4, -0.2) is 60.4 Å². The lowest BCUT2D eigenvalue weighted by Crippen LogP contribution is -2.71. The molecule has 7 nitrogen and oxygen atoms in total. The SMILES string of the molecule is O=C(C1CCOCC1)N1C[C@@H]2[C@H](c3ccccc31)[C@@H](CO)N2C(=O)Nc1ccccc1F. The van der Waals surface area contributed by atoms with Crippen molar-refractivity contribution in [1.29, 1.82) is 0 Å². The molecule has 5 rings (SSSR count). The van der Waals surface area contributed by atoms with E-state index in [1.54, 1.807) is 21.9 Å². The van der Waals surface area contributed by atoms with Crippen LogP contribution in [-0.2, 0) is 9.53 Å². The van der Waals surface area contributed by atoms with Gasteiger partial charge in [0.15, 0.2) is 0 Å². The maximum Gasteiger partial charge on any atom is 0.322 e. The molecular weight excluding hydrogens is 413 g/mol. The van der Waals surface area contributed by atoms with Gasteiger partial charge >= 0.3 is 6.03 Å². The molecule has 0 bridgehead atoms. The van der Waals surface area contributed by atoms with Gasteiger partial charge in [0.2, 0.25) is 5.91 Å². The van der Waals surface area contributed by atoms with E-state index in [0.29, 0.717) is 32.6 Å². The summed E-state index contributed by atoms with van der Waals surface area (Å²) in [5.74, 6) is -0.672. The van der Waals surface area contributed by atoms with Crippen LogP contribution in [0, 0.1) is 11.7 Å². The summed E-state index contributed by atoms with van der Waals surface area (Å²) in [4.78, 5) is 29.8. The van der Waals surface area contributed by atoms with Gasteiger partial charge in [0, 0.05) is 37.3 Å². The normalized spacial score (nSPS) is 24.9. The molecule has 0 radical (unpaired) electrons. The highest BCUT2D eigenvalue weighted by atomic mass is 19.1. The van der Waals surface area contributed by atoms with E-state index in [2.05, 4.69) is 5.32 Å². The minimum absolute atomic E-state index is 0.0427. The Morgan fingerprint density at radius 3 is 2.56 bits per heavy atom. The average Bonchev–Trinajstić information content (AvgIpc) is 2.81. The number of fused-ring (bicyclic) bond motifs is 3. The van der Waals surface area contributed by atoms with E-state index in [0.717, 1.165) is 11.3 Å². The van der Waals surface area contributed by atoms with Crippen LogP contribution in [0.2, 0.25) is 0 Å². The third kappa shape index (κ3) is 3.43. The molecule has 2 fully saturated rings. The summed E-state index contributed by atoms with van der Waals surface area (Å²) in [6.45, 7) is 1.27. The largest absolute Gasteiger partial charge is 0.394 e. The molecule has 168 valence electrons. The first-order chi connectivity index (χ1) is 15.6. The number of nitrogens with one attached hydrogen (secondary N) is 1. The van der Waals surface area contributed by atoms with Crippen molar-refractivity contribution in [2.45, 2.75) is 30.8 Å². The minimum Gasteiger partial charge on any atom is -0.394 e. The van der Waals surface area contributed by atoms with Crippen molar-refractivity contribution in [1.82, 2.24) is 4.90 Å². The van der Waals surface area contributed by atoms with Crippen LogP contribution in [0.4, 0.5) is 20.6 Å². The number of benzene rings is 2. The molecule has 2 aromatic rings. The van der Waals surface area contributed by atoms with Crippen LogP contribution >= 0.6 is 0 Å². The molecule has 3 amide bonds. The summed E-state index contributed by atoms with van der Waals surface area (Å²) in [5.41, 5.74) is 1.89. The molecule has 32 heavy (non-hydrogen) atoms. The number of hydrogen-bond acceptors (Lipinski definition) is 4. The van der Waals surface area contributed by atoms with Crippen molar-refractivity contribution in [3.63, 3.8) is 0 Å². The van der Waals surface area contributed by atoms with Crippen molar-refractivity contribution < 1.29 is 23.8 Å². The van der Waals surface area contributed by atoms with Crippen molar-refractivity contribution >= 4 is 23.3 Å². The van der Waals surface area contributed by atoms with Gasteiger partial charge in [-0.1, -0.05) is 30.3 Å². The Balaban J connectivity index is 1.43. The van der Waals surface area contributed by atoms with Gasteiger partial charge in [-0.2, -0.15) is 0 Å². The molecule has 3 aliphatic rings. The van der Waals surface area contributed by atoms with E-state index < -0.39 is 17.9 Å². The van der Waals surface area contributed by atoms with Gasteiger partial charge in [0.1, 0.15) is 5.82 Å². The second-order valence-electron chi connectivity index (χ2n) is 8.55. The van der Waals surface area contributed by atoms with Gasteiger partial charge in [0.05, 0.1) is 24.4 Å². The van der Waals surface area contributed by atoms with E-state index in [1.165, 1.54) is 12.1 Å². The lowest BCUT2D eigenvalue weighted by atomic mass is 9.72. The van der Waals surface area contributed by atoms with Crippen LogP contribution in [0.25, 0.3) is 0 Å². The Morgan fingerprint density at radius 2 is 1.81 bits per heavy atom. The van der Waals surface area contributed by atoms with Crippen LogP contribution in [0.3, 0.4) is 0 Å². The highest BCUT2D eigenvalue weighted by molar-refractivity contribution is 5.98. The fraction of sp³-hybridized carbons (Fsp3) is 0.417. The lowest BCUT2D eigenvalue weighted by molar-refractivity contribution is -0.126. The molecular formula is C24H26FN3O4. The zero-order valence-corrected chi connectivity index (χ0v) is 17.6. The molecule has 0 unspecified atom stereocenters. The van der Waals surface area contributed by atoms with Gasteiger partial charge in [-0.25, -0.2) is 9.18 Å². The van der Waals surface area contributed by atoms with Crippen molar-refractivity contribution in [3.8, 4) is 0 Å². The molecule has 0 aromatic heterocycles. The maximum absolute atomic E-state index is 14.1. The van der Waals surface area contributed by atoms with Crippen LogP contribution in [0.5, 0.6) is 0 Å². The molecule has 2 saturated heterocycles. The second-order valence-corrected chi connectivity index (χ2v) is 8.55. The first-order valence-electron chi connectivity index (χ1n) is 11.0. The van der Waals surface area contributed by atoms with E-state index >= 15 is 0 Å². The number of aliphatic hydroxyl groups excluding tert-OH is 1. The Kier molecular flexibility index (Phi) is 5.57. The number of amides is 3. The van der Waals surface area contributed by atoms with Gasteiger partial charge < -0.3 is 25.0 Å². The number of nitrogens with zero attached hydrogens (tertiary/aromatic N) is 2. The third-order valence-electron chi connectivity index (χ3n) is 6.87. The smallest absolute Gasteiger partial charge is 0.322 e. The zero-order valence-electron chi connectivity index (χ0n) is 17.6. The van der Waals surface area contributed by atoms with Crippen molar-refractivity contribution in [2.75, 3.05) is 36.6 Å². The first-order valence-corrected chi connectivity index (χ1v) is 11.0. The summed E-state index contributed by atoms with van der Waals surface area (Å²) in [7, 11) is 0. The number of halogens is 1. The molecule has 2 N–H and O–H groups in total. The van der Waals surface area contributed by atoms with Crippen molar-refractivity contribution in [2.24, 2.45) is 5.92 Å². The number of hydrogen-bond donors (Lipinski definition) is 2. The Labute approximate surface area is 185 Å². The van der Waals surface area contributed by atoms with E-state index in [1.807, 2.05) is 24.3 Å². The number of aliphatic hydroxyl groups is 1.